The van der Waals surface area contributed by atoms with Gasteiger partial charge in [0, 0.05) is 19.4 Å². The van der Waals surface area contributed by atoms with Gasteiger partial charge in [0.15, 0.2) is 0 Å². The number of hydrogen-bond acceptors (Lipinski definition) is 5. The van der Waals surface area contributed by atoms with E-state index in [-0.39, 0.29) is 5.91 Å². The van der Waals surface area contributed by atoms with Gasteiger partial charge in [-0.2, -0.15) is 10.2 Å². The Bertz CT molecular complexity index is 987. The predicted molar refractivity (Wildman–Crippen MR) is 92.2 cm³/mol. The van der Waals surface area contributed by atoms with Gasteiger partial charge in [0.25, 0.3) is 5.91 Å². The second kappa shape index (κ2) is 5.38. The molecule has 2 aliphatic rings. The summed E-state index contributed by atoms with van der Waals surface area (Å²) in [7, 11) is 1.81. The average Bonchev–Trinajstić information content (AvgIpc) is 3.29. The molecule has 0 aliphatic carbocycles. The molecule has 0 unspecified atom stereocenters. The molecule has 9 heteroatoms. The lowest BCUT2D eigenvalue weighted by molar-refractivity contribution is 0.0996. The fourth-order valence-corrected chi connectivity index (χ4v) is 3.27. The topological polar surface area (TPSA) is 72.1 Å². The molecule has 132 valence electrons. The van der Waals surface area contributed by atoms with Crippen molar-refractivity contribution in [3.8, 4) is 5.69 Å². The molecule has 1 fully saturated rings. The Morgan fingerprint density at radius 1 is 1.15 bits per heavy atom. The first-order chi connectivity index (χ1) is 12.6. The van der Waals surface area contributed by atoms with E-state index in [1.54, 1.807) is 39.1 Å². The third-order valence-electron chi connectivity index (χ3n) is 4.73. The van der Waals surface area contributed by atoms with Gasteiger partial charge in [-0.1, -0.05) is 0 Å². The fourth-order valence-electron chi connectivity index (χ4n) is 3.27. The largest absolute Gasteiger partial charge is 0.351 e. The monoisotopic (exact) mass is 353 g/mol. The highest BCUT2D eigenvalue weighted by molar-refractivity contribution is 6.09. The molecule has 26 heavy (non-hydrogen) atoms. The van der Waals surface area contributed by atoms with Crippen LogP contribution in [0, 0.1) is 0 Å². The SMILES string of the molecule is Cn1cc(N2Cc3nn(-c4ccc(N5CC(F)C5)nc4)cc3C2=O)cn1. The van der Waals surface area contributed by atoms with Crippen LogP contribution in [0.5, 0.6) is 0 Å². The van der Waals surface area contributed by atoms with Gasteiger partial charge < -0.3 is 4.90 Å². The number of fused-ring (bicyclic) bond motifs is 1. The molecule has 3 aromatic rings. The van der Waals surface area contributed by atoms with Crippen LogP contribution in [0.3, 0.4) is 0 Å². The minimum Gasteiger partial charge on any atom is -0.351 e. The van der Waals surface area contributed by atoms with Crippen LogP contribution in [0.1, 0.15) is 16.1 Å². The normalized spacial score (nSPS) is 16.9. The van der Waals surface area contributed by atoms with E-state index in [1.807, 2.05) is 24.1 Å². The Morgan fingerprint density at radius 2 is 2.00 bits per heavy atom. The van der Waals surface area contributed by atoms with Crippen molar-refractivity contribution in [2.45, 2.75) is 12.7 Å². The summed E-state index contributed by atoms with van der Waals surface area (Å²) in [6.07, 6.45) is 6.12. The van der Waals surface area contributed by atoms with Crippen LogP contribution in [0.15, 0.2) is 36.9 Å². The minimum atomic E-state index is -0.765. The van der Waals surface area contributed by atoms with Crippen LogP contribution in [-0.4, -0.2) is 49.7 Å². The maximum atomic E-state index is 13.0. The van der Waals surface area contributed by atoms with Crippen LogP contribution in [0.2, 0.25) is 0 Å². The van der Waals surface area contributed by atoms with Gasteiger partial charge in [0.2, 0.25) is 0 Å². The first-order valence-corrected chi connectivity index (χ1v) is 8.33. The van der Waals surface area contributed by atoms with Gasteiger partial charge in [0.1, 0.15) is 12.0 Å². The minimum absolute atomic E-state index is 0.0848. The Balaban J connectivity index is 1.37. The number of alkyl halides is 1. The van der Waals surface area contributed by atoms with E-state index in [9.17, 15) is 9.18 Å². The first kappa shape index (κ1) is 15.1. The molecule has 1 amide bonds. The van der Waals surface area contributed by atoms with E-state index in [2.05, 4.69) is 15.2 Å². The first-order valence-electron chi connectivity index (χ1n) is 8.33. The number of anilines is 2. The standard InChI is InChI=1S/C17H16FN7O/c1-22-8-13(5-20-22)24-10-15-14(17(24)26)9-25(21-15)12-2-3-16(19-4-12)23-6-11(18)7-23/h2-5,8-9,11H,6-7,10H2,1H3. The molecular formula is C17H16FN7O. The lowest BCUT2D eigenvalue weighted by atomic mass is 10.2. The van der Waals surface area contributed by atoms with Gasteiger partial charge in [-0.25, -0.2) is 14.1 Å². The lowest BCUT2D eigenvalue weighted by Gasteiger charge is -2.35. The summed E-state index contributed by atoms with van der Waals surface area (Å²) in [5, 5.41) is 8.64. The number of aryl methyl sites for hydroxylation is 1. The Kier molecular flexibility index (Phi) is 3.12. The molecule has 8 nitrogen and oxygen atoms in total. The summed E-state index contributed by atoms with van der Waals surface area (Å²) in [5.41, 5.74) is 2.84. The number of carbonyl (C=O) groups is 1. The molecule has 0 radical (unpaired) electrons. The molecule has 3 aromatic heterocycles. The van der Waals surface area contributed by atoms with Crippen molar-refractivity contribution in [3.63, 3.8) is 0 Å². The second-order valence-electron chi connectivity index (χ2n) is 6.57. The number of amides is 1. The zero-order chi connectivity index (χ0) is 17.8. The van der Waals surface area contributed by atoms with Crippen molar-refractivity contribution >= 4 is 17.4 Å². The van der Waals surface area contributed by atoms with Crippen molar-refractivity contribution in [2.24, 2.45) is 7.05 Å². The maximum Gasteiger partial charge on any atom is 0.262 e. The third-order valence-corrected chi connectivity index (χ3v) is 4.73. The van der Waals surface area contributed by atoms with Crippen LogP contribution in [0.4, 0.5) is 15.9 Å². The smallest absolute Gasteiger partial charge is 0.262 e. The third kappa shape index (κ3) is 2.27. The molecule has 0 aromatic carbocycles. The summed E-state index contributed by atoms with van der Waals surface area (Å²) in [4.78, 5) is 20.6. The molecular weight excluding hydrogens is 337 g/mol. The lowest BCUT2D eigenvalue weighted by Crippen LogP contribution is -2.48. The Hall–Kier alpha value is -3.23. The van der Waals surface area contributed by atoms with Gasteiger partial charge >= 0.3 is 0 Å². The zero-order valence-electron chi connectivity index (χ0n) is 14.1. The quantitative estimate of drug-likeness (QED) is 0.710. The number of rotatable bonds is 3. The summed E-state index contributed by atoms with van der Waals surface area (Å²) in [6.45, 7) is 1.20. The highest BCUT2D eigenvalue weighted by Crippen LogP contribution is 2.28. The van der Waals surface area contributed by atoms with Gasteiger partial charge in [-0.05, 0) is 12.1 Å². The van der Waals surface area contributed by atoms with E-state index >= 15 is 0 Å². The number of aromatic nitrogens is 5. The summed E-state index contributed by atoms with van der Waals surface area (Å²) in [5.74, 6) is 0.666. The molecule has 0 N–H and O–H groups in total. The van der Waals surface area contributed by atoms with Crippen molar-refractivity contribution in [1.29, 1.82) is 0 Å². The van der Waals surface area contributed by atoms with Crippen LogP contribution < -0.4 is 9.80 Å². The number of carbonyl (C=O) groups excluding carboxylic acids is 1. The molecule has 1 saturated heterocycles. The van der Waals surface area contributed by atoms with Gasteiger partial charge in [-0.3, -0.25) is 14.4 Å². The summed E-state index contributed by atoms with van der Waals surface area (Å²) >= 11 is 0. The van der Waals surface area contributed by atoms with Crippen molar-refractivity contribution < 1.29 is 9.18 Å². The number of pyridine rings is 1. The number of halogens is 1. The second-order valence-corrected chi connectivity index (χ2v) is 6.57. The summed E-state index contributed by atoms with van der Waals surface area (Å²) < 4.78 is 16.3. The molecule has 0 atom stereocenters. The molecule has 0 spiro atoms. The van der Waals surface area contributed by atoms with Crippen molar-refractivity contribution in [3.05, 3.63) is 48.2 Å². The van der Waals surface area contributed by atoms with E-state index in [1.165, 1.54) is 0 Å². The Morgan fingerprint density at radius 3 is 2.62 bits per heavy atom. The van der Waals surface area contributed by atoms with Crippen molar-refractivity contribution in [1.82, 2.24) is 24.5 Å². The molecule has 2 aliphatic heterocycles. The number of nitrogens with zero attached hydrogens (tertiary/aromatic N) is 7. The highest BCUT2D eigenvalue weighted by Gasteiger charge is 2.32. The number of hydrogen-bond donors (Lipinski definition) is 0. The summed E-state index contributed by atoms with van der Waals surface area (Å²) in [6, 6.07) is 3.72. The molecule has 5 rings (SSSR count). The van der Waals surface area contributed by atoms with Gasteiger partial charge in [-0.15, -0.1) is 0 Å². The molecule has 0 bridgehead atoms. The van der Waals surface area contributed by atoms with E-state index in [0.29, 0.717) is 25.2 Å². The van der Waals surface area contributed by atoms with Crippen molar-refractivity contribution in [2.75, 3.05) is 22.9 Å². The zero-order valence-corrected chi connectivity index (χ0v) is 14.1. The highest BCUT2D eigenvalue weighted by atomic mass is 19.1. The Labute approximate surface area is 148 Å². The van der Waals surface area contributed by atoms with Gasteiger partial charge in [0.05, 0.1) is 54.7 Å². The maximum absolute atomic E-state index is 13.0. The van der Waals surface area contributed by atoms with E-state index in [0.717, 1.165) is 22.9 Å². The molecule has 0 saturated carbocycles. The van der Waals surface area contributed by atoms with Crippen LogP contribution >= 0.6 is 0 Å². The van der Waals surface area contributed by atoms with E-state index < -0.39 is 6.17 Å². The van der Waals surface area contributed by atoms with Crippen LogP contribution in [0.25, 0.3) is 5.69 Å². The predicted octanol–water partition coefficient (Wildman–Crippen LogP) is 1.32. The fraction of sp³-hybridized carbons (Fsp3) is 0.294. The van der Waals surface area contributed by atoms with E-state index in [4.69, 9.17) is 0 Å². The molecule has 5 heterocycles. The van der Waals surface area contributed by atoms with Crippen LogP contribution in [-0.2, 0) is 13.6 Å². The average molecular weight is 353 g/mol.